The van der Waals surface area contributed by atoms with E-state index in [0.29, 0.717) is 33.4 Å². The largest absolute Gasteiger partial charge is 0.463 e. The Hall–Kier alpha value is -3.39. The summed E-state index contributed by atoms with van der Waals surface area (Å²) in [4.78, 5) is 37.8. The molecule has 0 fully saturated rings. The Balaban J connectivity index is 2.04. The normalized spacial score (nSPS) is 15.3. The van der Waals surface area contributed by atoms with Crippen LogP contribution in [0.2, 0.25) is 0 Å². The fourth-order valence-electron chi connectivity index (χ4n) is 3.54. The SMILES string of the molecule is CCOC(=O)C1=C(c2ccccc2)Nc2nc(SC)[nH]c(=O)c2C1c1cccnc1. The Labute approximate surface area is 177 Å². The summed E-state index contributed by atoms with van der Waals surface area (Å²) in [6.07, 6.45) is 5.14. The van der Waals surface area contributed by atoms with Crippen molar-refractivity contribution in [3.05, 3.63) is 87.5 Å². The molecule has 0 saturated carbocycles. The molecule has 2 N–H and O–H groups in total. The number of carbonyl (C=O) groups is 1. The zero-order valence-electron chi connectivity index (χ0n) is 16.5. The van der Waals surface area contributed by atoms with Gasteiger partial charge in [0.15, 0.2) is 5.16 Å². The Morgan fingerprint density at radius 3 is 2.67 bits per heavy atom. The Kier molecular flexibility index (Phi) is 5.67. The van der Waals surface area contributed by atoms with Gasteiger partial charge in [-0.15, -0.1) is 0 Å². The van der Waals surface area contributed by atoms with Crippen LogP contribution in [0.15, 0.2) is 70.4 Å². The molecule has 0 spiro atoms. The Morgan fingerprint density at radius 2 is 2.00 bits per heavy atom. The average Bonchev–Trinajstić information content (AvgIpc) is 2.79. The molecule has 152 valence electrons. The Bertz CT molecular complexity index is 1160. The molecule has 0 aliphatic carbocycles. The first kappa shape index (κ1) is 19.9. The van der Waals surface area contributed by atoms with Crippen LogP contribution in [-0.2, 0) is 9.53 Å². The number of benzene rings is 1. The third-order valence-electron chi connectivity index (χ3n) is 4.79. The minimum Gasteiger partial charge on any atom is -0.463 e. The van der Waals surface area contributed by atoms with Crippen LogP contribution >= 0.6 is 11.8 Å². The molecular weight excluding hydrogens is 400 g/mol. The molecule has 1 atom stereocenters. The number of hydrogen-bond donors (Lipinski definition) is 2. The quantitative estimate of drug-likeness (QED) is 0.371. The summed E-state index contributed by atoms with van der Waals surface area (Å²) in [6, 6.07) is 13.1. The molecule has 7 nitrogen and oxygen atoms in total. The molecule has 8 heteroatoms. The van der Waals surface area contributed by atoms with Gasteiger partial charge in [-0.05, 0) is 30.4 Å². The molecule has 30 heavy (non-hydrogen) atoms. The lowest BCUT2D eigenvalue weighted by molar-refractivity contribution is -0.138. The van der Waals surface area contributed by atoms with Gasteiger partial charge < -0.3 is 15.0 Å². The van der Waals surface area contributed by atoms with Gasteiger partial charge in [-0.2, -0.15) is 0 Å². The number of pyridine rings is 1. The number of hydrogen-bond acceptors (Lipinski definition) is 7. The van der Waals surface area contributed by atoms with Crippen LogP contribution in [0.25, 0.3) is 5.70 Å². The van der Waals surface area contributed by atoms with E-state index < -0.39 is 11.9 Å². The van der Waals surface area contributed by atoms with Crippen LogP contribution in [0.1, 0.15) is 29.5 Å². The summed E-state index contributed by atoms with van der Waals surface area (Å²) < 4.78 is 5.39. The van der Waals surface area contributed by atoms with E-state index >= 15 is 0 Å². The summed E-state index contributed by atoms with van der Waals surface area (Å²) >= 11 is 1.34. The van der Waals surface area contributed by atoms with Crippen LogP contribution in [-0.4, -0.2) is 33.8 Å². The van der Waals surface area contributed by atoms with Gasteiger partial charge in [0.05, 0.1) is 29.4 Å². The number of carbonyl (C=O) groups excluding carboxylic acids is 1. The Morgan fingerprint density at radius 1 is 1.20 bits per heavy atom. The van der Waals surface area contributed by atoms with E-state index in [4.69, 9.17) is 4.74 Å². The van der Waals surface area contributed by atoms with Crippen molar-refractivity contribution in [1.82, 2.24) is 15.0 Å². The first-order chi connectivity index (χ1) is 14.6. The monoisotopic (exact) mass is 420 g/mol. The number of anilines is 1. The van der Waals surface area contributed by atoms with Crippen molar-refractivity contribution in [1.29, 1.82) is 0 Å². The fraction of sp³-hybridized carbons (Fsp3) is 0.182. The molecule has 0 radical (unpaired) electrons. The predicted molar refractivity (Wildman–Crippen MR) is 116 cm³/mol. The van der Waals surface area contributed by atoms with Crippen LogP contribution in [0.3, 0.4) is 0 Å². The number of fused-ring (bicyclic) bond motifs is 1. The van der Waals surface area contributed by atoms with Gasteiger partial charge in [-0.1, -0.05) is 48.2 Å². The van der Waals surface area contributed by atoms with Crippen LogP contribution in [0, 0.1) is 0 Å². The molecule has 0 saturated heterocycles. The fourth-order valence-corrected chi connectivity index (χ4v) is 3.91. The number of rotatable bonds is 5. The van der Waals surface area contributed by atoms with Gasteiger partial charge in [0.1, 0.15) is 5.82 Å². The van der Waals surface area contributed by atoms with E-state index in [1.165, 1.54) is 11.8 Å². The van der Waals surface area contributed by atoms with Crippen molar-refractivity contribution < 1.29 is 9.53 Å². The summed E-state index contributed by atoms with van der Waals surface area (Å²) in [5.41, 5.74) is 2.49. The zero-order chi connectivity index (χ0) is 21.1. The smallest absolute Gasteiger partial charge is 0.337 e. The predicted octanol–water partition coefficient (Wildman–Crippen LogP) is 3.42. The van der Waals surface area contributed by atoms with Crippen LogP contribution in [0.4, 0.5) is 5.82 Å². The minimum atomic E-state index is -0.670. The second-order valence-electron chi connectivity index (χ2n) is 6.56. The number of nitrogens with one attached hydrogen (secondary N) is 2. The number of aromatic amines is 1. The maximum Gasteiger partial charge on any atom is 0.337 e. The second kappa shape index (κ2) is 8.54. The molecule has 1 aliphatic rings. The molecule has 1 aliphatic heterocycles. The van der Waals surface area contributed by atoms with Crippen molar-refractivity contribution in [2.75, 3.05) is 18.2 Å². The van der Waals surface area contributed by atoms with Gasteiger partial charge in [-0.3, -0.25) is 9.78 Å². The second-order valence-corrected chi connectivity index (χ2v) is 7.35. The van der Waals surface area contributed by atoms with E-state index in [0.717, 1.165) is 5.56 Å². The maximum absolute atomic E-state index is 13.1. The minimum absolute atomic E-state index is 0.219. The number of thioether (sulfide) groups is 1. The first-order valence-corrected chi connectivity index (χ1v) is 10.7. The lowest BCUT2D eigenvalue weighted by atomic mass is 9.81. The number of esters is 1. The van der Waals surface area contributed by atoms with Gasteiger partial charge >= 0.3 is 5.97 Å². The van der Waals surface area contributed by atoms with Gasteiger partial charge in [-0.25, -0.2) is 9.78 Å². The summed E-state index contributed by atoms with van der Waals surface area (Å²) in [5.74, 6) is -0.739. The van der Waals surface area contributed by atoms with Crippen molar-refractivity contribution >= 4 is 29.2 Å². The molecule has 1 unspecified atom stereocenters. The molecule has 0 bridgehead atoms. The van der Waals surface area contributed by atoms with E-state index in [2.05, 4.69) is 20.3 Å². The third-order valence-corrected chi connectivity index (χ3v) is 5.37. The van der Waals surface area contributed by atoms with Crippen molar-refractivity contribution in [2.24, 2.45) is 0 Å². The number of H-pyrrole nitrogens is 1. The van der Waals surface area contributed by atoms with Crippen LogP contribution < -0.4 is 10.9 Å². The number of ether oxygens (including phenoxy) is 1. The highest BCUT2D eigenvalue weighted by atomic mass is 32.2. The average molecular weight is 420 g/mol. The molecule has 3 heterocycles. The molecule has 2 aromatic heterocycles. The lowest BCUT2D eigenvalue weighted by Crippen LogP contribution is -2.31. The topological polar surface area (TPSA) is 97.0 Å². The molecule has 0 amide bonds. The number of nitrogens with zero attached hydrogens (tertiary/aromatic N) is 2. The highest BCUT2D eigenvalue weighted by Crippen LogP contribution is 2.42. The highest BCUT2D eigenvalue weighted by Gasteiger charge is 2.38. The maximum atomic E-state index is 13.1. The van der Waals surface area contributed by atoms with Crippen LogP contribution in [0.5, 0.6) is 0 Å². The standard InChI is InChI=1S/C22H20N4O3S/c1-3-29-21(28)16-15(14-10-7-11-23-12-14)17-19(25-22(30-2)26-20(17)27)24-18(16)13-8-5-4-6-9-13/h4-12,15H,3H2,1-2H3,(H2,24,25,26,27). The summed E-state index contributed by atoms with van der Waals surface area (Å²) in [6.45, 7) is 1.97. The molecule has 1 aromatic carbocycles. The lowest BCUT2D eigenvalue weighted by Gasteiger charge is -2.30. The van der Waals surface area contributed by atoms with Crippen molar-refractivity contribution in [3.63, 3.8) is 0 Å². The third kappa shape index (κ3) is 3.61. The van der Waals surface area contributed by atoms with E-state index in [-0.39, 0.29) is 12.2 Å². The van der Waals surface area contributed by atoms with Gasteiger partial charge in [0, 0.05) is 12.4 Å². The van der Waals surface area contributed by atoms with E-state index in [1.807, 2.05) is 42.7 Å². The van der Waals surface area contributed by atoms with Crippen molar-refractivity contribution in [2.45, 2.75) is 18.0 Å². The van der Waals surface area contributed by atoms with E-state index in [9.17, 15) is 9.59 Å². The summed E-state index contributed by atoms with van der Waals surface area (Å²) in [7, 11) is 0. The molecular formula is C22H20N4O3S. The zero-order valence-corrected chi connectivity index (χ0v) is 17.3. The van der Waals surface area contributed by atoms with E-state index in [1.54, 1.807) is 25.4 Å². The molecule has 4 rings (SSSR count). The summed E-state index contributed by atoms with van der Waals surface area (Å²) in [5, 5.41) is 3.72. The number of aromatic nitrogens is 3. The van der Waals surface area contributed by atoms with Gasteiger partial charge in [0.25, 0.3) is 5.56 Å². The first-order valence-electron chi connectivity index (χ1n) is 9.45. The highest BCUT2D eigenvalue weighted by molar-refractivity contribution is 7.98. The molecule has 3 aromatic rings. The van der Waals surface area contributed by atoms with Gasteiger partial charge in [0.2, 0.25) is 0 Å². The van der Waals surface area contributed by atoms with Crippen molar-refractivity contribution in [3.8, 4) is 0 Å².